The van der Waals surface area contributed by atoms with Crippen LogP contribution in [0.3, 0.4) is 0 Å². The number of thiophene rings is 1. The van der Waals surface area contributed by atoms with E-state index in [0.29, 0.717) is 21.7 Å². The molecule has 1 aromatic heterocycles. The van der Waals surface area contributed by atoms with Crippen LogP contribution in [-0.2, 0) is 4.74 Å². The first-order valence-corrected chi connectivity index (χ1v) is 10.7. The zero-order valence-electron chi connectivity index (χ0n) is 17.9. The minimum absolute atomic E-state index is 0.185. The van der Waals surface area contributed by atoms with Crippen LogP contribution in [0.1, 0.15) is 54.0 Å². The lowest BCUT2D eigenvalue weighted by Gasteiger charge is -2.07. The van der Waals surface area contributed by atoms with Crippen molar-refractivity contribution >= 4 is 39.8 Å². The Morgan fingerprint density at radius 2 is 1.58 bits per heavy atom. The summed E-state index contributed by atoms with van der Waals surface area (Å²) in [7, 11) is 0. The lowest BCUT2D eigenvalue weighted by Crippen LogP contribution is -2.15. The van der Waals surface area contributed by atoms with E-state index < -0.39 is 5.97 Å². The molecule has 1 heterocycles. The van der Waals surface area contributed by atoms with Gasteiger partial charge in [-0.05, 0) is 63.1 Å². The number of nitrogens with one attached hydrogen (secondary N) is 2. The third-order valence-electron chi connectivity index (χ3n) is 4.62. The monoisotopic (exact) mass is 436 g/mol. The number of carbonyl (C=O) groups is 3. The molecule has 31 heavy (non-hydrogen) atoms. The van der Waals surface area contributed by atoms with Crippen molar-refractivity contribution in [3.05, 3.63) is 81.2 Å². The van der Waals surface area contributed by atoms with Gasteiger partial charge in [-0.3, -0.25) is 9.59 Å². The van der Waals surface area contributed by atoms with Gasteiger partial charge in [0.1, 0.15) is 5.00 Å². The Morgan fingerprint density at radius 1 is 0.903 bits per heavy atom. The second kappa shape index (κ2) is 9.57. The van der Waals surface area contributed by atoms with Gasteiger partial charge in [-0.2, -0.15) is 0 Å². The topological polar surface area (TPSA) is 84.5 Å². The van der Waals surface area contributed by atoms with Gasteiger partial charge >= 0.3 is 5.97 Å². The van der Waals surface area contributed by atoms with Gasteiger partial charge in [-0.1, -0.05) is 29.8 Å². The zero-order valence-corrected chi connectivity index (χ0v) is 18.7. The predicted molar refractivity (Wildman–Crippen MR) is 123 cm³/mol. The van der Waals surface area contributed by atoms with Gasteiger partial charge in [-0.15, -0.1) is 11.3 Å². The van der Waals surface area contributed by atoms with Crippen molar-refractivity contribution in [1.29, 1.82) is 0 Å². The van der Waals surface area contributed by atoms with Crippen LogP contribution in [0.25, 0.3) is 0 Å². The second-order valence-corrected chi connectivity index (χ2v) is 8.15. The van der Waals surface area contributed by atoms with Crippen molar-refractivity contribution in [1.82, 2.24) is 0 Å². The average Bonchev–Trinajstić information content (AvgIpc) is 3.04. The quantitative estimate of drug-likeness (QED) is 0.510. The fourth-order valence-corrected chi connectivity index (χ4v) is 4.22. The van der Waals surface area contributed by atoms with E-state index in [1.54, 1.807) is 38.1 Å². The first-order chi connectivity index (χ1) is 14.8. The standard InChI is InChI=1S/C24H24N2O4S/c1-5-30-24(29)19-16(4)20(22(28)25-18-11-7-9-15(3)13-18)31-23(19)26-21(27)17-10-6-8-14(2)12-17/h6-13H,5H2,1-4H3,(H,25,28)(H,26,27). The predicted octanol–water partition coefficient (Wildman–Crippen LogP) is 5.35. The lowest BCUT2D eigenvalue weighted by molar-refractivity contribution is 0.0527. The lowest BCUT2D eigenvalue weighted by atomic mass is 10.1. The van der Waals surface area contributed by atoms with Crippen LogP contribution in [0.5, 0.6) is 0 Å². The summed E-state index contributed by atoms with van der Waals surface area (Å²) in [6, 6.07) is 14.6. The van der Waals surface area contributed by atoms with Gasteiger partial charge in [0.15, 0.2) is 0 Å². The molecule has 3 aromatic rings. The summed E-state index contributed by atoms with van der Waals surface area (Å²) in [5.74, 6) is -1.29. The van der Waals surface area contributed by atoms with Crippen LogP contribution in [0, 0.1) is 20.8 Å². The van der Waals surface area contributed by atoms with Gasteiger partial charge in [0.2, 0.25) is 0 Å². The number of anilines is 2. The first kappa shape index (κ1) is 22.2. The van der Waals surface area contributed by atoms with Gasteiger partial charge in [0.25, 0.3) is 11.8 Å². The molecule has 0 bridgehead atoms. The number of benzene rings is 2. The molecule has 3 rings (SSSR count). The van der Waals surface area contributed by atoms with Crippen LogP contribution in [0.15, 0.2) is 48.5 Å². The number of carbonyl (C=O) groups excluding carboxylic acids is 3. The van der Waals surface area contributed by atoms with Gasteiger partial charge < -0.3 is 15.4 Å². The molecule has 0 aliphatic carbocycles. The van der Waals surface area contributed by atoms with Crippen LogP contribution in [0.4, 0.5) is 10.7 Å². The van der Waals surface area contributed by atoms with Gasteiger partial charge in [0.05, 0.1) is 17.0 Å². The molecule has 0 saturated carbocycles. The summed E-state index contributed by atoms with van der Waals surface area (Å²) in [5, 5.41) is 5.92. The van der Waals surface area contributed by atoms with E-state index in [0.717, 1.165) is 22.5 Å². The van der Waals surface area contributed by atoms with Crippen molar-refractivity contribution in [2.75, 3.05) is 17.2 Å². The molecule has 0 atom stereocenters. The van der Waals surface area contributed by atoms with Crippen LogP contribution < -0.4 is 10.6 Å². The highest BCUT2D eigenvalue weighted by Crippen LogP contribution is 2.34. The van der Waals surface area contributed by atoms with Crippen LogP contribution in [-0.4, -0.2) is 24.4 Å². The maximum atomic E-state index is 12.9. The Balaban J connectivity index is 1.95. The minimum atomic E-state index is -0.578. The highest BCUT2D eigenvalue weighted by molar-refractivity contribution is 7.19. The van der Waals surface area contributed by atoms with Crippen LogP contribution in [0.2, 0.25) is 0 Å². The van der Waals surface area contributed by atoms with E-state index in [1.165, 1.54) is 0 Å². The molecule has 2 amide bonds. The Labute approximate surface area is 185 Å². The summed E-state index contributed by atoms with van der Waals surface area (Å²) < 4.78 is 5.17. The summed E-state index contributed by atoms with van der Waals surface area (Å²) >= 11 is 1.05. The highest BCUT2D eigenvalue weighted by Gasteiger charge is 2.27. The molecular weight excluding hydrogens is 412 g/mol. The molecule has 0 radical (unpaired) electrons. The number of hydrogen-bond acceptors (Lipinski definition) is 5. The average molecular weight is 437 g/mol. The summed E-state index contributed by atoms with van der Waals surface area (Å²) in [4.78, 5) is 38.6. The highest BCUT2D eigenvalue weighted by atomic mass is 32.1. The molecule has 0 saturated heterocycles. The fourth-order valence-electron chi connectivity index (χ4n) is 3.14. The number of esters is 1. The Bertz CT molecular complexity index is 1150. The maximum absolute atomic E-state index is 12.9. The normalized spacial score (nSPS) is 10.5. The Morgan fingerprint density at radius 3 is 2.23 bits per heavy atom. The van der Waals surface area contributed by atoms with E-state index in [9.17, 15) is 14.4 Å². The molecule has 0 aliphatic rings. The van der Waals surface area contributed by atoms with Crippen molar-refractivity contribution in [3.8, 4) is 0 Å². The third-order valence-corrected chi connectivity index (χ3v) is 5.82. The molecule has 0 unspecified atom stereocenters. The van der Waals surface area contributed by atoms with Crippen molar-refractivity contribution in [2.45, 2.75) is 27.7 Å². The van der Waals surface area contributed by atoms with E-state index in [1.807, 2.05) is 38.1 Å². The number of amides is 2. The van der Waals surface area contributed by atoms with E-state index >= 15 is 0 Å². The largest absolute Gasteiger partial charge is 0.462 e. The molecule has 0 spiro atoms. The van der Waals surface area contributed by atoms with E-state index in [-0.39, 0.29) is 29.0 Å². The maximum Gasteiger partial charge on any atom is 0.341 e. The number of ether oxygens (including phenoxy) is 1. The molecule has 0 fully saturated rings. The first-order valence-electron chi connectivity index (χ1n) is 9.86. The SMILES string of the molecule is CCOC(=O)c1c(NC(=O)c2cccc(C)c2)sc(C(=O)Nc2cccc(C)c2)c1C. The molecule has 2 N–H and O–H groups in total. The van der Waals surface area contributed by atoms with Crippen molar-refractivity contribution < 1.29 is 19.1 Å². The molecule has 0 aliphatic heterocycles. The molecule has 6 nitrogen and oxygen atoms in total. The fraction of sp³-hybridized carbons (Fsp3) is 0.208. The van der Waals surface area contributed by atoms with Crippen molar-refractivity contribution in [3.63, 3.8) is 0 Å². The van der Waals surface area contributed by atoms with Crippen LogP contribution >= 0.6 is 11.3 Å². The third kappa shape index (κ3) is 5.19. The Hall–Kier alpha value is -3.45. The molecule has 160 valence electrons. The number of aryl methyl sites for hydroxylation is 2. The van der Waals surface area contributed by atoms with E-state index in [4.69, 9.17) is 4.74 Å². The molecule has 7 heteroatoms. The zero-order chi connectivity index (χ0) is 22.5. The summed E-state index contributed by atoms with van der Waals surface area (Å²) in [6.45, 7) is 7.39. The number of hydrogen-bond donors (Lipinski definition) is 2. The number of rotatable bonds is 6. The molecular formula is C24H24N2O4S. The Kier molecular flexibility index (Phi) is 6.87. The summed E-state index contributed by atoms with van der Waals surface area (Å²) in [6.07, 6.45) is 0. The summed E-state index contributed by atoms with van der Waals surface area (Å²) in [5.41, 5.74) is 3.74. The molecule has 2 aromatic carbocycles. The van der Waals surface area contributed by atoms with E-state index in [2.05, 4.69) is 10.6 Å². The van der Waals surface area contributed by atoms with Gasteiger partial charge in [-0.25, -0.2) is 4.79 Å². The minimum Gasteiger partial charge on any atom is -0.462 e. The van der Waals surface area contributed by atoms with Crippen molar-refractivity contribution in [2.24, 2.45) is 0 Å². The van der Waals surface area contributed by atoms with Gasteiger partial charge in [0, 0.05) is 11.3 Å². The second-order valence-electron chi connectivity index (χ2n) is 7.13. The smallest absolute Gasteiger partial charge is 0.341 e.